The van der Waals surface area contributed by atoms with Gasteiger partial charge in [-0.25, -0.2) is 0 Å². The number of fused-ring (bicyclic) bond motifs is 1. The molecule has 4 aromatic rings. The van der Waals surface area contributed by atoms with Crippen molar-refractivity contribution in [1.82, 2.24) is 0 Å². The van der Waals surface area contributed by atoms with Gasteiger partial charge in [-0.1, -0.05) is 70.8 Å². The Balaban J connectivity index is 1.66. The van der Waals surface area contributed by atoms with Gasteiger partial charge in [-0.05, 0) is 42.0 Å². The molecule has 0 atom stereocenters. The normalized spacial score (nSPS) is 11.7. The molecule has 134 valence electrons. The molecule has 0 aliphatic rings. The Morgan fingerprint density at radius 2 is 1.52 bits per heavy atom. The zero-order chi connectivity index (χ0) is 18.6. The first-order valence-electron chi connectivity index (χ1n) is 8.38. The molecule has 0 spiro atoms. The van der Waals surface area contributed by atoms with Crippen LogP contribution in [0.25, 0.3) is 11.0 Å². The van der Waals surface area contributed by atoms with E-state index in [9.17, 15) is 0 Å². The lowest BCUT2D eigenvalue weighted by Gasteiger charge is -2.05. The predicted molar refractivity (Wildman–Crippen MR) is 110 cm³/mol. The van der Waals surface area contributed by atoms with Crippen molar-refractivity contribution in [3.05, 3.63) is 106 Å². The van der Waals surface area contributed by atoms with Crippen LogP contribution in [0.1, 0.15) is 16.9 Å². The van der Waals surface area contributed by atoms with Gasteiger partial charge < -0.3 is 9.25 Å². The number of furan rings is 1. The maximum absolute atomic E-state index is 6.02. The molecule has 0 bridgehead atoms. The first kappa shape index (κ1) is 17.7. The third-order valence-corrected chi connectivity index (χ3v) is 4.58. The SMILES string of the molecule is Clc1ccc(CO/N=C(\c2ccc(Cl)cc2)c2cc3ccccc3o2)cc1. The highest BCUT2D eigenvalue weighted by Gasteiger charge is 2.14. The van der Waals surface area contributed by atoms with E-state index in [-0.39, 0.29) is 0 Å². The van der Waals surface area contributed by atoms with Gasteiger partial charge in [-0.15, -0.1) is 0 Å². The van der Waals surface area contributed by atoms with Gasteiger partial charge in [0.15, 0.2) is 11.5 Å². The van der Waals surface area contributed by atoms with Crippen molar-refractivity contribution in [3.63, 3.8) is 0 Å². The fraction of sp³-hybridized carbons (Fsp3) is 0.0455. The van der Waals surface area contributed by atoms with E-state index < -0.39 is 0 Å². The van der Waals surface area contributed by atoms with E-state index in [2.05, 4.69) is 5.16 Å². The average Bonchev–Trinajstić information content (AvgIpc) is 3.11. The molecule has 1 heterocycles. The van der Waals surface area contributed by atoms with E-state index in [1.54, 1.807) is 0 Å². The molecule has 0 aliphatic heterocycles. The van der Waals surface area contributed by atoms with Crippen LogP contribution in [0.15, 0.2) is 88.4 Å². The number of para-hydroxylation sites is 1. The van der Waals surface area contributed by atoms with E-state index in [1.165, 1.54) is 0 Å². The molecule has 0 amide bonds. The van der Waals surface area contributed by atoms with E-state index >= 15 is 0 Å². The Kier molecular flexibility index (Phi) is 5.14. The number of benzene rings is 3. The monoisotopic (exact) mass is 395 g/mol. The van der Waals surface area contributed by atoms with Gasteiger partial charge in [0.1, 0.15) is 12.2 Å². The topological polar surface area (TPSA) is 34.7 Å². The van der Waals surface area contributed by atoms with E-state index in [0.717, 1.165) is 22.1 Å². The van der Waals surface area contributed by atoms with Crippen molar-refractivity contribution in [2.75, 3.05) is 0 Å². The Labute approximate surface area is 166 Å². The fourth-order valence-electron chi connectivity index (χ4n) is 2.70. The number of halogens is 2. The largest absolute Gasteiger partial charge is 0.454 e. The Morgan fingerprint density at radius 1 is 0.852 bits per heavy atom. The van der Waals surface area contributed by atoms with Gasteiger partial charge in [0.05, 0.1) is 0 Å². The summed E-state index contributed by atoms with van der Waals surface area (Å²) in [4.78, 5) is 5.61. The lowest BCUT2D eigenvalue weighted by atomic mass is 10.1. The standard InChI is InChI=1S/C22H15Cl2NO2/c23-18-9-5-15(6-10-18)14-26-25-22(16-7-11-19(24)12-8-16)21-13-17-3-1-2-4-20(17)27-21/h1-13H,14H2/b25-22+. The van der Waals surface area contributed by atoms with Crippen LogP contribution in [-0.4, -0.2) is 5.71 Å². The van der Waals surface area contributed by atoms with Crippen molar-refractivity contribution in [3.8, 4) is 0 Å². The van der Waals surface area contributed by atoms with Crippen LogP contribution < -0.4 is 0 Å². The van der Waals surface area contributed by atoms with E-state index in [4.69, 9.17) is 32.5 Å². The highest BCUT2D eigenvalue weighted by Crippen LogP contribution is 2.23. The van der Waals surface area contributed by atoms with Gasteiger partial charge in [-0.2, -0.15) is 0 Å². The third-order valence-electron chi connectivity index (χ3n) is 4.08. The van der Waals surface area contributed by atoms with Crippen LogP contribution in [0.4, 0.5) is 0 Å². The molecule has 0 unspecified atom stereocenters. The Morgan fingerprint density at radius 3 is 2.22 bits per heavy atom. The summed E-state index contributed by atoms with van der Waals surface area (Å²) in [7, 11) is 0. The van der Waals surface area contributed by atoms with Crippen LogP contribution >= 0.6 is 23.2 Å². The van der Waals surface area contributed by atoms with Crippen LogP contribution in [-0.2, 0) is 11.4 Å². The lowest BCUT2D eigenvalue weighted by Crippen LogP contribution is -2.03. The van der Waals surface area contributed by atoms with Gasteiger partial charge in [-0.3, -0.25) is 0 Å². The van der Waals surface area contributed by atoms with Crippen LogP contribution in [0.3, 0.4) is 0 Å². The van der Waals surface area contributed by atoms with Gasteiger partial charge in [0, 0.05) is 21.0 Å². The molecule has 0 aliphatic carbocycles. The second-order valence-corrected chi connectivity index (χ2v) is 6.87. The van der Waals surface area contributed by atoms with E-state index in [1.807, 2.05) is 78.9 Å². The molecule has 4 rings (SSSR count). The van der Waals surface area contributed by atoms with Crippen molar-refractivity contribution < 1.29 is 9.25 Å². The second-order valence-electron chi connectivity index (χ2n) is 6.00. The first-order valence-corrected chi connectivity index (χ1v) is 9.14. The lowest BCUT2D eigenvalue weighted by molar-refractivity contribution is 0.130. The summed E-state index contributed by atoms with van der Waals surface area (Å²) < 4.78 is 5.97. The summed E-state index contributed by atoms with van der Waals surface area (Å²) in [6.07, 6.45) is 0. The first-order chi connectivity index (χ1) is 13.2. The minimum Gasteiger partial charge on any atom is -0.454 e. The Bertz CT molecular complexity index is 1050. The van der Waals surface area contributed by atoms with Crippen LogP contribution in [0, 0.1) is 0 Å². The molecule has 0 saturated carbocycles. The predicted octanol–water partition coefficient (Wildman–Crippen LogP) is 6.71. The highest BCUT2D eigenvalue weighted by molar-refractivity contribution is 6.31. The number of rotatable bonds is 5. The van der Waals surface area contributed by atoms with Crippen molar-refractivity contribution in [2.45, 2.75) is 6.61 Å². The number of hydrogen-bond acceptors (Lipinski definition) is 3. The minimum absolute atomic E-state index is 0.328. The van der Waals surface area contributed by atoms with Crippen LogP contribution in [0.5, 0.6) is 0 Å². The van der Waals surface area contributed by atoms with Gasteiger partial charge >= 0.3 is 0 Å². The van der Waals surface area contributed by atoms with Gasteiger partial charge in [0.25, 0.3) is 0 Å². The molecule has 1 aromatic heterocycles. The summed E-state index contributed by atoms with van der Waals surface area (Å²) in [5, 5.41) is 6.70. The molecule has 0 radical (unpaired) electrons. The van der Waals surface area contributed by atoms with Crippen molar-refractivity contribution in [2.24, 2.45) is 5.16 Å². The molecular formula is C22H15Cl2NO2. The summed E-state index contributed by atoms with van der Waals surface area (Å²) in [5.41, 5.74) is 3.24. The molecule has 0 saturated heterocycles. The van der Waals surface area contributed by atoms with Gasteiger partial charge in [0.2, 0.25) is 0 Å². The highest BCUT2D eigenvalue weighted by atomic mass is 35.5. The molecular weight excluding hydrogens is 381 g/mol. The smallest absolute Gasteiger partial charge is 0.157 e. The second kappa shape index (κ2) is 7.87. The summed E-state index contributed by atoms with van der Waals surface area (Å²) in [5.74, 6) is 0.634. The molecule has 5 heteroatoms. The Hall–Kier alpha value is -2.75. The molecule has 0 fully saturated rings. The quantitative estimate of drug-likeness (QED) is 0.278. The summed E-state index contributed by atoms with van der Waals surface area (Å²) in [6.45, 7) is 0.328. The number of nitrogens with zero attached hydrogens (tertiary/aromatic N) is 1. The maximum Gasteiger partial charge on any atom is 0.157 e. The molecule has 0 N–H and O–H groups in total. The number of hydrogen-bond donors (Lipinski definition) is 0. The van der Waals surface area contributed by atoms with E-state index in [0.29, 0.717) is 28.1 Å². The zero-order valence-electron chi connectivity index (χ0n) is 14.2. The minimum atomic E-state index is 0.328. The summed E-state index contributed by atoms with van der Waals surface area (Å²) in [6, 6.07) is 24.6. The zero-order valence-corrected chi connectivity index (χ0v) is 15.7. The van der Waals surface area contributed by atoms with Crippen molar-refractivity contribution >= 4 is 39.9 Å². The number of oxime groups is 1. The molecule has 3 aromatic carbocycles. The molecule has 27 heavy (non-hydrogen) atoms. The average molecular weight is 396 g/mol. The molecule has 3 nitrogen and oxygen atoms in total. The van der Waals surface area contributed by atoms with Crippen molar-refractivity contribution in [1.29, 1.82) is 0 Å². The van der Waals surface area contributed by atoms with Crippen LogP contribution in [0.2, 0.25) is 10.0 Å². The summed E-state index contributed by atoms with van der Waals surface area (Å²) >= 11 is 11.9. The fourth-order valence-corrected chi connectivity index (χ4v) is 2.95. The third kappa shape index (κ3) is 4.16. The maximum atomic E-state index is 6.02.